The minimum atomic E-state index is 0. The van der Waals surface area contributed by atoms with Crippen molar-refractivity contribution in [2.75, 3.05) is 6.54 Å². The van der Waals surface area contributed by atoms with Crippen LogP contribution in [0.3, 0.4) is 0 Å². The van der Waals surface area contributed by atoms with Gasteiger partial charge in [0.05, 0.1) is 6.54 Å². The minimum Gasteiger partial charge on any atom is -1.00 e. The molecule has 0 saturated heterocycles. The van der Waals surface area contributed by atoms with E-state index in [0.717, 1.165) is 19.5 Å². The molecule has 0 unspecified atom stereocenters. The highest BCUT2D eigenvalue weighted by molar-refractivity contribution is 5.82. The largest absolute Gasteiger partial charge is 1.00 e. The van der Waals surface area contributed by atoms with E-state index in [4.69, 9.17) is 0 Å². The first-order valence-corrected chi connectivity index (χ1v) is 6.69. The maximum absolute atomic E-state index is 4.03. The SMILES string of the molecule is [Cl-].c1ccc2c(CC[NH2+]Cc3ccncc3)c[nH]c2c1. The second-order valence-corrected chi connectivity index (χ2v) is 4.75. The Morgan fingerprint density at radius 1 is 1.05 bits per heavy atom. The molecule has 2 heterocycles. The van der Waals surface area contributed by atoms with E-state index in [1.54, 1.807) is 0 Å². The van der Waals surface area contributed by atoms with Gasteiger partial charge in [-0.25, -0.2) is 0 Å². The van der Waals surface area contributed by atoms with Crippen molar-refractivity contribution in [1.82, 2.24) is 9.97 Å². The number of quaternary nitrogens is 1. The summed E-state index contributed by atoms with van der Waals surface area (Å²) in [5, 5.41) is 3.69. The molecule has 0 saturated carbocycles. The Kier molecular flexibility index (Phi) is 5.16. The Balaban J connectivity index is 0.00000147. The number of rotatable bonds is 5. The molecule has 104 valence electrons. The molecule has 0 aliphatic rings. The number of nitrogens with two attached hydrogens (primary N) is 1. The zero-order valence-electron chi connectivity index (χ0n) is 11.2. The lowest BCUT2D eigenvalue weighted by Crippen LogP contribution is -3.00. The highest BCUT2D eigenvalue weighted by Gasteiger charge is 2.03. The van der Waals surface area contributed by atoms with Gasteiger partial charge >= 0.3 is 0 Å². The number of aromatic amines is 1. The molecule has 0 spiro atoms. The van der Waals surface area contributed by atoms with E-state index in [-0.39, 0.29) is 12.4 Å². The summed E-state index contributed by atoms with van der Waals surface area (Å²) < 4.78 is 0. The van der Waals surface area contributed by atoms with Crippen LogP contribution in [-0.4, -0.2) is 16.5 Å². The number of halogens is 1. The summed E-state index contributed by atoms with van der Waals surface area (Å²) in [5.41, 5.74) is 3.96. The lowest BCUT2D eigenvalue weighted by atomic mass is 10.1. The first-order chi connectivity index (χ1) is 9.43. The van der Waals surface area contributed by atoms with Crippen LogP contribution in [0.1, 0.15) is 11.1 Å². The molecular formula is C16H18ClN3. The van der Waals surface area contributed by atoms with Crippen molar-refractivity contribution in [2.45, 2.75) is 13.0 Å². The van der Waals surface area contributed by atoms with Crippen molar-refractivity contribution in [3.8, 4) is 0 Å². The number of fused-ring (bicyclic) bond motifs is 1. The molecule has 3 aromatic rings. The molecular weight excluding hydrogens is 270 g/mol. The molecule has 3 nitrogen and oxygen atoms in total. The van der Waals surface area contributed by atoms with Gasteiger partial charge in [0.25, 0.3) is 0 Å². The van der Waals surface area contributed by atoms with E-state index in [1.165, 1.54) is 22.0 Å². The lowest BCUT2D eigenvalue weighted by Gasteiger charge is -2.01. The third-order valence-electron chi connectivity index (χ3n) is 3.42. The van der Waals surface area contributed by atoms with Gasteiger partial charge in [-0.1, -0.05) is 18.2 Å². The number of hydrogen-bond donors (Lipinski definition) is 2. The number of nitrogens with one attached hydrogen (secondary N) is 1. The van der Waals surface area contributed by atoms with Gasteiger partial charge in [-0.05, 0) is 23.8 Å². The Bertz CT molecular complexity index is 649. The van der Waals surface area contributed by atoms with Crippen LogP contribution in [0.15, 0.2) is 55.0 Å². The molecule has 3 N–H and O–H groups in total. The van der Waals surface area contributed by atoms with Gasteiger partial charge in [0.2, 0.25) is 0 Å². The van der Waals surface area contributed by atoms with Crippen LogP contribution in [0.5, 0.6) is 0 Å². The van der Waals surface area contributed by atoms with Gasteiger partial charge in [0.15, 0.2) is 0 Å². The minimum absolute atomic E-state index is 0. The number of benzene rings is 1. The van der Waals surface area contributed by atoms with Gasteiger partial charge in [-0.3, -0.25) is 4.98 Å². The van der Waals surface area contributed by atoms with Crippen LogP contribution in [0, 0.1) is 0 Å². The third-order valence-corrected chi connectivity index (χ3v) is 3.42. The summed E-state index contributed by atoms with van der Waals surface area (Å²) in [6, 6.07) is 12.6. The normalized spacial score (nSPS) is 10.4. The number of H-pyrrole nitrogens is 1. The molecule has 0 amide bonds. The second kappa shape index (κ2) is 7.08. The van der Waals surface area contributed by atoms with E-state index in [9.17, 15) is 0 Å². The highest BCUT2D eigenvalue weighted by atomic mass is 35.5. The van der Waals surface area contributed by atoms with Crippen LogP contribution in [0.25, 0.3) is 10.9 Å². The maximum atomic E-state index is 4.03. The summed E-state index contributed by atoms with van der Waals surface area (Å²) in [4.78, 5) is 7.36. The van der Waals surface area contributed by atoms with Gasteiger partial charge in [0.1, 0.15) is 6.54 Å². The van der Waals surface area contributed by atoms with Crippen LogP contribution in [0.2, 0.25) is 0 Å². The monoisotopic (exact) mass is 287 g/mol. The van der Waals surface area contributed by atoms with E-state index in [0.29, 0.717) is 0 Å². The van der Waals surface area contributed by atoms with Crippen molar-refractivity contribution in [3.05, 3.63) is 66.1 Å². The van der Waals surface area contributed by atoms with Gasteiger partial charge in [0, 0.05) is 41.5 Å². The number of aromatic nitrogens is 2. The predicted molar refractivity (Wildman–Crippen MR) is 76.7 cm³/mol. The van der Waals surface area contributed by atoms with Gasteiger partial charge in [-0.15, -0.1) is 0 Å². The van der Waals surface area contributed by atoms with Crippen LogP contribution in [0.4, 0.5) is 0 Å². The fourth-order valence-corrected chi connectivity index (χ4v) is 2.38. The summed E-state index contributed by atoms with van der Waals surface area (Å²) in [6.07, 6.45) is 6.92. The van der Waals surface area contributed by atoms with E-state index < -0.39 is 0 Å². The highest BCUT2D eigenvalue weighted by Crippen LogP contribution is 2.17. The average Bonchev–Trinajstić information content (AvgIpc) is 2.88. The zero-order valence-corrected chi connectivity index (χ0v) is 12.0. The summed E-state index contributed by atoms with van der Waals surface area (Å²) in [6.45, 7) is 2.12. The smallest absolute Gasteiger partial charge is 0.101 e. The number of nitrogens with zero attached hydrogens (tertiary/aromatic N) is 1. The molecule has 4 heteroatoms. The quantitative estimate of drug-likeness (QED) is 0.574. The Morgan fingerprint density at radius 2 is 1.85 bits per heavy atom. The number of hydrogen-bond acceptors (Lipinski definition) is 1. The van der Waals surface area contributed by atoms with Crippen molar-refractivity contribution < 1.29 is 17.7 Å². The van der Waals surface area contributed by atoms with Crippen LogP contribution < -0.4 is 17.7 Å². The number of pyridine rings is 1. The fraction of sp³-hybridized carbons (Fsp3) is 0.188. The second-order valence-electron chi connectivity index (χ2n) is 4.75. The number of para-hydroxylation sites is 1. The third kappa shape index (κ3) is 3.38. The van der Waals surface area contributed by atoms with Crippen molar-refractivity contribution in [3.63, 3.8) is 0 Å². The zero-order chi connectivity index (χ0) is 12.9. The van der Waals surface area contributed by atoms with Gasteiger partial charge in [-0.2, -0.15) is 0 Å². The molecule has 0 aliphatic heterocycles. The van der Waals surface area contributed by atoms with E-state index in [2.05, 4.69) is 57.9 Å². The molecule has 0 radical (unpaired) electrons. The molecule has 0 bridgehead atoms. The van der Waals surface area contributed by atoms with Crippen molar-refractivity contribution >= 4 is 10.9 Å². The molecule has 1 aromatic carbocycles. The molecule has 0 fully saturated rings. The maximum Gasteiger partial charge on any atom is 0.101 e. The fourth-order valence-electron chi connectivity index (χ4n) is 2.38. The van der Waals surface area contributed by atoms with E-state index >= 15 is 0 Å². The molecule has 0 atom stereocenters. The lowest BCUT2D eigenvalue weighted by molar-refractivity contribution is -0.670. The Labute approximate surface area is 124 Å². The first kappa shape index (κ1) is 14.6. The van der Waals surface area contributed by atoms with Crippen molar-refractivity contribution in [2.24, 2.45) is 0 Å². The molecule has 3 rings (SSSR count). The molecule has 20 heavy (non-hydrogen) atoms. The Hall–Kier alpha value is -1.84. The van der Waals surface area contributed by atoms with Gasteiger partial charge < -0.3 is 22.7 Å². The Morgan fingerprint density at radius 3 is 2.70 bits per heavy atom. The predicted octanol–water partition coefficient (Wildman–Crippen LogP) is -1.13. The van der Waals surface area contributed by atoms with Crippen molar-refractivity contribution in [1.29, 1.82) is 0 Å². The average molecular weight is 288 g/mol. The summed E-state index contributed by atoms with van der Waals surface area (Å²) >= 11 is 0. The van der Waals surface area contributed by atoms with E-state index in [1.807, 2.05) is 12.4 Å². The summed E-state index contributed by atoms with van der Waals surface area (Å²) in [5.74, 6) is 0. The molecule has 0 aliphatic carbocycles. The standard InChI is InChI=1S/C16H17N3.ClH/c1-2-4-16-15(3-1)14(12-19-16)7-10-18-11-13-5-8-17-9-6-13;/h1-6,8-9,12,18-19H,7,10-11H2;1H. The van der Waals surface area contributed by atoms with Crippen LogP contribution >= 0.6 is 0 Å². The molecule has 2 aromatic heterocycles. The topological polar surface area (TPSA) is 45.3 Å². The first-order valence-electron chi connectivity index (χ1n) is 6.69. The van der Waals surface area contributed by atoms with Crippen LogP contribution in [-0.2, 0) is 13.0 Å². The summed E-state index contributed by atoms with van der Waals surface area (Å²) in [7, 11) is 0.